The van der Waals surface area contributed by atoms with E-state index in [0.717, 1.165) is 44.2 Å². The van der Waals surface area contributed by atoms with Crippen LogP contribution in [0, 0.1) is 0 Å². The Morgan fingerprint density at radius 3 is 3.05 bits per heavy atom. The minimum Gasteiger partial charge on any atom is -0.496 e. The number of fused-ring (bicyclic) bond motifs is 1. The first kappa shape index (κ1) is 14.6. The minimum atomic E-state index is 0.135. The van der Waals surface area contributed by atoms with Gasteiger partial charge in [0.2, 0.25) is 0 Å². The molecule has 1 saturated heterocycles. The van der Waals surface area contributed by atoms with Gasteiger partial charge in [0, 0.05) is 43.7 Å². The fraction of sp³-hybridized carbons (Fsp3) is 0.625. The lowest BCUT2D eigenvalue weighted by molar-refractivity contribution is -0.0262. The quantitative estimate of drug-likeness (QED) is 0.903. The third-order valence-electron chi connectivity index (χ3n) is 4.18. The number of hydrogen-bond donors (Lipinski definition) is 1. The molecule has 1 aromatic carbocycles. The van der Waals surface area contributed by atoms with Gasteiger partial charge in [-0.1, -0.05) is 0 Å². The largest absolute Gasteiger partial charge is 0.496 e. The first-order valence-electron chi connectivity index (χ1n) is 7.60. The van der Waals surface area contributed by atoms with Gasteiger partial charge in [0.1, 0.15) is 17.6 Å². The molecule has 0 saturated carbocycles. The summed E-state index contributed by atoms with van der Waals surface area (Å²) in [5.74, 6) is 1.95. The second-order valence-corrected chi connectivity index (χ2v) is 5.87. The first-order valence-corrected chi connectivity index (χ1v) is 7.60. The van der Waals surface area contributed by atoms with Crippen LogP contribution in [0.15, 0.2) is 12.1 Å². The standard InChI is InChI=1S/C16H24N2O3/c1-11-5-12-6-15(19-2)13(7-16(12)21-11)9-18-3-4-20-14(8-17)10-18/h6-7,11,14H,3-5,8-10,17H2,1-2H3. The third-order valence-corrected chi connectivity index (χ3v) is 4.18. The van der Waals surface area contributed by atoms with E-state index in [0.29, 0.717) is 6.54 Å². The summed E-state index contributed by atoms with van der Waals surface area (Å²) < 4.78 is 17.0. The summed E-state index contributed by atoms with van der Waals surface area (Å²) in [6.45, 7) is 6.04. The summed E-state index contributed by atoms with van der Waals surface area (Å²) >= 11 is 0. The fourth-order valence-electron chi connectivity index (χ4n) is 3.10. The fourth-order valence-corrected chi connectivity index (χ4v) is 3.10. The van der Waals surface area contributed by atoms with Crippen molar-refractivity contribution in [3.05, 3.63) is 23.3 Å². The molecule has 0 aliphatic carbocycles. The van der Waals surface area contributed by atoms with Crippen molar-refractivity contribution in [2.24, 2.45) is 5.73 Å². The van der Waals surface area contributed by atoms with Gasteiger partial charge in [0.15, 0.2) is 0 Å². The average Bonchev–Trinajstić information content (AvgIpc) is 2.85. The van der Waals surface area contributed by atoms with Gasteiger partial charge in [-0.05, 0) is 19.1 Å². The van der Waals surface area contributed by atoms with Crippen LogP contribution in [0.25, 0.3) is 0 Å². The van der Waals surface area contributed by atoms with Gasteiger partial charge in [-0.2, -0.15) is 0 Å². The lowest BCUT2D eigenvalue weighted by atomic mass is 10.1. The van der Waals surface area contributed by atoms with Crippen LogP contribution in [-0.4, -0.2) is 50.5 Å². The van der Waals surface area contributed by atoms with Crippen LogP contribution in [0.4, 0.5) is 0 Å². The number of benzene rings is 1. The maximum atomic E-state index is 5.86. The van der Waals surface area contributed by atoms with Crippen molar-refractivity contribution in [2.75, 3.05) is 33.4 Å². The lowest BCUT2D eigenvalue weighted by Crippen LogP contribution is -2.45. The Bertz CT molecular complexity index is 507. The summed E-state index contributed by atoms with van der Waals surface area (Å²) in [5, 5.41) is 0. The summed E-state index contributed by atoms with van der Waals surface area (Å²) in [4.78, 5) is 2.36. The SMILES string of the molecule is COc1cc2c(cc1CN1CCOC(CN)C1)OC(C)C2. The molecule has 0 amide bonds. The van der Waals surface area contributed by atoms with Crippen molar-refractivity contribution in [1.29, 1.82) is 0 Å². The van der Waals surface area contributed by atoms with Crippen LogP contribution in [0.3, 0.4) is 0 Å². The highest BCUT2D eigenvalue weighted by atomic mass is 16.5. The van der Waals surface area contributed by atoms with E-state index in [1.807, 2.05) is 0 Å². The van der Waals surface area contributed by atoms with Crippen LogP contribution < -0.4 is 15.2 Å². The van der Waals surface area contributed by atoms with Crippen molar-refractivity contribution < 1.29 is 14.2 Å². The minimum absolute atomic E-state index is 0.135. The molecule has 2 atom stereocenters. The summed E-state index contributed by atoms with van der Waals surface area (Å²) in [6, 6.07) is 4.25. The Labute approximate surface area is 126 Å². The molecule has 2 aliphatic rings. The van der Waals surface area contributed by atoms with Crippen LogP contribution >= 0.6 is 0 Å². The van der Waals surface area contributed by atoms with Crippen LogP contribution in [-0.2, 0) is 17.7 Å². The molecule has 21 heavy (non-hydrogen) atoms. The molecule has 5 nitrogen and oxygen atoms in total. The number of methoxy groups -OCH3 is 1. The number of ether oxygens (including phenoxy) is 3. The van der Waals surface area contributed by atoms with Gasteiger partial charge >= 0.3 is 0 Å². The number of morpholine rings is 1. The van der Waals surface area contributed by atoms with Crippen molar-refractivity contribution in [3.63, 3.8) is 0 Å². The van der Waals surface area contributed by atoms with Crippen LogP contribution in [0.5, 0.6) is 11.5 Å². The van der Waals surface area contributed by atoms with Crippen molar-refractivity contribution in [3.8, 4) is 11.5 Å². The van der Waals surface area contributed by atoms with E-state index in [2.05, 4.69) is 24.0 Å². The number of nitrogens with zero attached hydrogens (tertiary/aromatic N) is 1. The second kappa shape index (κ2) is 6.22. The Kier molecular flexibility index (Phi) is 4.33. The van der Waals surface area contributed by atoms with Crippen LogP contribution in [0.1, 0.15) is 18.1 Å². The second-order valence-electron chi connectivity index (χ2n) is 5.87. The molecule has 5 heteroatoms. The lowest BCUT2D eigenvalue weighted by Gasteiger charge is -2.32. The predicted molar refractivity (Wildman–Crippen MR) is 80.9 cm³/mol. The first-order chi connectivity index (χ1) is 10.2. The molecule has 1 aromatic rings. The molecule has 116 valence electrons. The molecule has 0 radical (unpaired) electrons. The Balaban J connectivity index is 1.77. The Morgan fingerprint density at radius 2 is 2.29 bits per heavy atom. The molecule has 3 rings (SSSR count). The molecule has 2 aliphatic heterocycles. The smallest absolute Gasteiger partial charge is 0.123 e. The van der Waals surface area contributed by atoms with E-state index >= 15 is 0 Å². The zero-order valence-electron chi connectivity index (χ0n) is 12.8. The molecule has 0 spiro atoms. The number of hydrogen-bond acceptors (Lipinski definition) is 5. The van der Waals surface area contributed by atoms with Gasteiger partial charge in [0.05, 0.1) is 19.8 Å². The summed E-state index contributed by atoms with van der Waals surface area (Å²) in [7, 11) is 1.73. The predicted octanol–water partition coefficient (Wildman–Crippen LogP) is 1.18. The molecule has 2 heterocycles. The average molecular weight is 292 g/mol. The topological polar surface area (TPSA) is 57.0 Å². The molecule has 1 fully saturated rings. The molecule has 2 unspecified atom stereocenters. The normalized spacial score (nSPS) is 25.5. The summed E-state index contributed by atoms with van der Waals surface area (Å²) in [5.41, 5.74) is 8.12. The highest BCUT2D eigenvalue weighted by Gasteiger charge is 2.24. The molecule has 0 aromatic heterocycles. The highest BCUT2D eigenvalue weighted by molar-refractivity contribution is 5.48. The van der Waals surface area contributed by atoms with E-state index in [-0.39, 0.29) is 12.2 Å². The molecule has 0 bridgehead atoms. The number of nitrogens with two attached hydrogens (primary N) is 1. The monoisotopic (exact) mass is 292 g/mol. The summed E-state index contributed by atoms with van der Waals surface area (Å²) in [6.07, 6.45) is 1.35. The van der Waals surface area contributed by atoms with Gasteiger partial charge in [-0.15, -0.1) is 0 Å². The van der Waals surface area contributed by atoms with Crippen molar-refractivity contribution in [1.82, 2.24) is 4.90 Å². The van der Waals surface area contributed by atoms with E-state index in [9.17, 15) is 0 Å². The third kappa shape index (κ3) is 3.15. The van der Waals surface area contributed by atoms with E-state index in [1.54, 1.807) is 7.11 Å². The Morgan fingerprint density at radius 1 is 1.43 bits per heavy atom. The van der Waals surface area contributed by atoms with Gasteiger partial charge in [-0.3, -0.25) is 4.90 Å². The van der Waals surface area contributed by atoms with E-state index in [4.69, 9.17) is 19.9 Å². The van der Waals surface area contributed by atoms with Gasteiger partial charge < -0.3 is 19.9 Å². The maximum Gasteiger partial charge on any atom is 0.123 e. The van der Waals surface area contributed by atoms with Gasteiger partial charge in [-0.25, -0.2) is 0 Å². The molecular formula is C16H24N2O3. The van der Waals surface area contributed by atoms with Gasteiger partial charge in [0.25, 0.3) is 0 Å². The zero-order chi connectivity index (χ0) is 14.8. The zero-order valence-corrected chi connectivity index (χ0v) is 12.8. The van der Waals surface area contributed by atoms with Crippen LogP contribution in [0.2, 0.25) is 0 Å². The van der Waals surface area contributed by atoms with Crippen molar-refractivity contribution >= 4 is 0 Å². The highest BCUT2D eigenvalue weighted by Crippen LogP contribution is 2.35. The molecule has 2 N–H and O–H groups in total. The van der Waals surface area contributed by atoms with E-state index < -0.39 is 0 Å². The number of rotatable bonds is 4. The maximum absolute atomic E-state index is 5.86. The van der Waals surface area contributed by atoms with Crippen molar-refractivity contribution in [2.45, 2.75) is 32.1 Å². The molecular weight excluding hydrogens is 268 g/mol. The van der Waals surface area contributed by atoms with E-state index in [1.165, 1.54) is 11.1 Å². The Hall–Kier alpha value is -1.30.